The van der Waals surface area contributed by atoms with Crippen molar-refractivity contribution in [3.63, 3.8) is 0 Å². The molecule has 39 heavy (non-hydrogen) atoms. The SMILES string of the molecule is Cc1ccc(C)c2[nH]c(=O)c(C(c3nnnn3CCc3ccccc3)N3CCN(c4ccccc4)CC3)cc12. The van der Waals surface area contributed by atoms with Gasteiger partial charge < -0.3 is 9.88 Å². The van der Waals surface area contributed by atoms with Crippen molar-refractivity contribution in [1.29, 1.82) is 0 Å². The second-order valence-corrected chi connectivity index (χ2v) is 10.3. The van der Waals surface area contributed by atoms with Crippen LogP contribution in [0.2, 0.25) is 0 Å². The van der Waals surface area contributed by atoms with Crippen molar-refractivity contribution in [2.45, 2.75) is 32.9 Å². The summed E-state index contributed by atoms with van der Waals surface area (Å²) in [6, 6.07) is 26.7. The number of H-pyrrole nitrogens is 1. The van der Waals surface area contributed by atoms with Crippen LogP contribution in [0.1, 0.15) is 34.1 Å². The monoisotopic (exact) mass is 519 g/mol. The largest absolute Gasteiger partial charge is 0.369 e. The van der Waals surface area contributed by atoms with E-state index in [-0.39, 0.29) is 11.6 Å². The average Bonchev–Trinajstić information content (AvgIpc) is 3.44. The molecule has 0 bridgehead atoms. The van der Waals surface area contributed by atoms with Gasteiger partial charge in [0.1, 0.15) is 6.04 Å². The fraction of sp³-hybridized carbons (Fsp3) is 0.290. The quantitative estimate of drug-likeness (QED) is 0.346. The van der Waals surface area contributed by atoms with E-state index >= 15 is 0 Å². The third-order valence-electron chi connectivity index (χ3n) is 7.83. The molecule has 8 nitrogen and oxygen atoms in total. The molecule has 3 aromatic carbocycles. The highest BCUT2D eigenvalue weighted by atomic mass is 16.1. The van der Waals surface area contributed by atoms with E-state index in [9.17, 15) is 4.79 Å². The molecule has 8 heteroatoms. The second-order valence-electron chi connectivity index (χ2n) is 10.3. The Kier molecular flexibility index (Phi) is 6.94. The van der Waals surface area contributed by atoms with Gasteiger partial charge in [-0.05, 0) is 65.6 Å². The number of pyridine rings is 1. The molecule has 6 rings (SSSR count). The molecule has 1 N–H and O–H groups in total. The Hall–Kier alpha value is -4.30. The number of rotatable bonds is 7. The summed E-state index contributed by atoms with van der Waals surface area (Å²) in [7, 11) is 0. The topological polar surface area (TPSA) is 82.9 Å². The predicted octanol–water partition coefficient (Wildman–Crippen LogP) is 4.29. The van der Waals surface area contributed by atoms with Crippen LogP contribution < -0.4 is 10.5 Å². The van der Waals surface area contributed by atoms with Crippen LogP contribution in [0.5, 0.6) is 0 Å². The Morgan fingerprint density at radius 1 is 0.872 bits per heavy atom. The number of aromatic amines is 1. The van der Waals surface area contributed by atoms with Gasteiger partial charge in [0, 0.05) is 49.4 Å². The Morgan fingerprint density at radius 2 is 1.56 bits per heavy atom. The smallest absolute Gasteiger partial charge is 0.253 e. The normalized spacial score (nSPS) is 15.1. The van der Waals surface area contributed by atoms with Gasteiger partial charge in [0.25, 0.3) is 5.56 Å². The third-order valence-corrected chi connectivity index (χ3v) is 7.83. The van der Waals surface area contributed by atoms with Crippen LogP contribution in [-0.2, 0) is 13.0 Å². The lowest BCUT2D eigenvalue weighted by Crippen LogP contribution is -2.49. The van der Waals surface area contributed by atoms with Gasteiger partial charge in [-0.1, -0.05) is 60.7 Å². The van der Waals surface area contributed by atoms with Gasteiger partial charge in [0.15, 0.2) is 5.82 Å². The summed E-state index contributed by atoms with van der Waals surface area (Å²) >= 11 is 0. The lowest BCUT2D eigenvalue weighted by molar-refractivity contribution is 0.199. The van der Waals surface area contributed by atoms with E-state index in [0.717, 1.165) is 54.6 Å². The van der Waals surface area contributed by atoms with Crippen LogP contribution in [0.15, 0.2) is 83.7 Å². The molecule has 1 aliphatic rings. The van der Waals surface area contributed by atoms with E-state index in [1.165, 1.54) is 11.3 Å². The standard InChI is InChI=1S/C31H33N7O/c1-22-13-14-23(2)28-26(22)21-27(31(39)32-28)29(37-19-17-36(18-20-37)25-11-7-4-8-12-25)30-33-34-35-38(30)16-15-24-9-5-3-6-10-24/h3-14,21,29H,15-20H2,1-2H3,(H,32,39). The van der Waals surface area contributed by atoms with Crippen molar-refractivity contribution in [2.24, 2.45) is 0 Å². The second kappa shape index (κ2) is 10.8. The summed E-state index contributed by atoms with van der Waals surface area (Å²) < 4.78 is 1.87. The molecule has 0 radical (unpaired) electrons. The van der Waals surface area contributed by atoms with E-state index < -0.39 is 0 Å². The zero-order valence-corrected chi connectivity index (χ0v) is 22.4. The first kappa shape index (κ1) is 25.0. The molecule has 5 aromatic rings. The van der Waals surface area contributed by atoms with Crippen molar-refractivity contribution in [3.8, 4) is 0 Å². The highest BCUT2D eigenvalue weighted by Gasteiger charge is 2.33. The molecule has 0 aliphatic carbocycles. The van der Waals surface area contributed by atoms with E-state index in [1.807, 2.05) is 35.9 Å². The molecule has 3 heterocycles. The number of aromatic nitrogens is 5. The molecule has 1 aliphatic heterocycles. The summed E-state index contributed by atoms with van der Waals surface area (Å²) in [5, 5.41) is 14.0. The maximum Gasteiger partial charge on any atom is 0.253 e. The number of nitrogens with one attached hydrogen (secondary N) is 1. The van der Waals surface area contributed by atoms with Gasteiger partial charge in [0.05, 0.1) is 5.52 Å². The van der Waals surface area contributed by atoms with Crippen molar-refractivity contribution in [1.82, 2.24) is 30.1 Å². The first-order chi connectivity index (χ1) is 19.1. The number of aryl methyl sites for hydroxylation is 4. The van der Waals surface area contributed by atoms with Crippen molar-refractivity contribution < 1.29 is 0 Å². The number of benzene rings is 3. The number of tetrazole rings is 1. The Bertz CT molecular complexity index is 1620. The van der Waals surface area contributed by atoms with E-state index in [0.29, 0.717) is 17.9 Å². The van der Waals surface area contributed by atoms with Gasteiger partial charge in [-0.3, -0.25) is 9.69 Å². The highest BCUT2D eigenvalue weighted by Crippen LogP contribution is 2.30. The molecule has 1 unspecified atom stereocenters. The molecular formula is C31H33N7O. The minimum Gasteiger partial charge on any atom is -0.369 e. The molecule has 0 spiro atoms. The van der Waals surface area contributed by atoms with Crippen LogP contribution in [0, 0.1) is 13.8 Å². The summed E-state index contributed by atoms with van der Waals surface area (Å²) in [6.45, 7) is 8.04. The first-order valence-corrected chi connectivity index (χ1v) is 13.6. The van der Waals surface area contributed by atoms with E-state index in [1.54, 1.807) is 0 Å². The maximum absolute atomic E-state index is 13.7. The lowest BCUT2D eigenvalue weighted by Gasteiger charge is -2.39. The Labute approximate surface area is 227 Å². The highest BCUT2D eigenvalue weighted by molar-refractivity contribution is 5.85. The minimum absolute atomic E-state index is 0.0932. The van der Waals surface area contributed by atoms with Gasteiger partial charge in [-0.25, -0.2) is 4.68 Å². The maximum atomic E-state index is 13.7. The molecule has 1 atom stereocenters. The number of nitrogens with zero attached hydrogens (tertiary/aromatic N) is 6. The van der Waals surface area contributed by atoms with Crippen LogP contribution in [0.3, 0.4) is 0 Å². The van der Waals surface area contributed by atoms with Crippen LogP contribution in [0.4, 0.5) is 5.69 Å². The Balaban J connectivity index is 1.38. The predicted molar refractivity (Wildman–Crippen MR) is 154 cm³/mol. The summed E-state index contributed by atoms with van der Waals surface area (Å²) in [5.74, 6) is 0.703. The molecule has 0 saturated carbocycles. The third kappa shape index (κ3) is 5.07. The number of hydrogen-bond donors (Lipinski definition) is 1. The van der Waals surface area contributed by atoms with Crippen molar-refractivity contribution >= 4 is 16.6 Å². The zero-order valence-electron chi connectivity index (χ0n) is 22.4. The molecule has 198 valence electrons. The lowest BCUT2D eigenvalue weighted by atomic mass is 9.99. The molecule has 1 saturated heterocycles. The molecule has 0 amide bonds. The Morgan fingerprint density at radius 3 is 2.31 bits per heavy atom. The first-order valence-electron chi connectivity index (χ1n) is 13.6. The number of fused-ring (bicyclic) bond motifs is 1. The minimum atomic E-state index is -0.359. The summed E-state index contributed by atoms with van der Waals surface area (Å²) in [5.41, 5.74) is 6.10. The average molecular weight is 520 g/mol. The number of para-hydroxylation sites is 1. The summed E-state index contributed by atoms with van der Waals surface area (Å²) in [6.07, 6.45) is 0.805. The fourth-order valence-electron chi connectivity index (χ4n) is 5.62. The van der Waals surface area contributed by atoms with Crippen LogP contribution >= 0.6 is 0 Å². The zero-order chi connectivity index (χ0) is 26.8. The van der Waals surface area contributed by atoms with Gasteiger partial charge in [0.2, 0.25) is 0 Å². The molecule has 2 aromatic heterocycles. The van der Waals surface area contributed by atoms with Gasteiger partial charge in [-0.15, -0.1) is 5.10 Å². The van der Waals surface area contributed by atoms with Crippen molar-refractivity contribution in [2.75, 3.05) is 31.1 Å². The van der Waals surface area contributed by atoms with Crippen LogP contribution in [0.25, 0.3) is 10.9 Å². The summed E-state index contributed by atoms with van der Waals surface area (Å²) in [4.78, 5) is 21.6. The fourth-order valence-corrected chi connectivity index (χ4v) is 5.62. The van der Waals surface area contributed by atoms with Gasteiger partial charge >= 0.3 is 0 Å². The number of hydrogen-bond acceptors (Lipinski definition) is 6. The number of piperazine rings is 1. The van der Waals surface area contributed by atoms with Crippen molar-refractivity contribution in [3.05, 3.63) is 117 Å². The molecular weight excluding hydrogens is 486 g/mol. The van der Waals surface area contributed by atoms with E-state index in [2.05, 4.69) is 91.8 Å². The van der Waals surface area contributed by atoms with E-state index in [4.69, 9.17) is 0 Å². The number of anilines is 1. The van der Waals surface area contributed by atoms with Crippen LogP contribution in [-0.4, -0.2) is 56.3 Å². The molecule has 1 fully saturated rings. The van der Waals surface area contributed by atoms with Gasteiger partial charge in [-0.2, -0.15) is 0 Å².